The van der Waals surface area contributed by atoms with Gasteiger partial charge in [0.15, 0.2) is 0 Å². The lowest BCUT2D eigenvalue weighted by atomic mass is 10.2. The number of carbonyl (C=O) groups is 1. The van der Waals surface area contributed by atoms with Crippen molar-refractivity contribution < 1.29 is 13.2 Å². The molecule has 1 heterocycles. The van der Waals surface area contributed by atoms with E-state index in [1.165, 1.54) is 31.3 Å². The molecule has 0 spiro atoms. The van der Waals surface area contributed by atoms with E-state index in [4.69, 9.17) is 0 Å². The van der Waals surface area contributed by atoms with Crippen molar-refractivity contribution in [2.75, 3.05) is 20.1 Å². The SMILES string of the molecule is CNC(=O)c1ccc(S(=O)(=O)NCC[C@H]2CCCN2)cc1. The average Bonchev–Trinajstić information content (AvgIpc) is 2.99. The van der Waals surface area contributed by atoms with Gasteiger partial charge in [-0.2, -0.15) is 0 Å². The quantitative estimate of drug-likeness (QED) is 0.712. The molecule has 1 aromatic rings. The molecule has 0 radical (unpaired) electrons. The Balaban J connectivity index is 1.93. The van der Waals surface area contributed by atoms with Crippen LogP contribution in [0.2, 0.25) is 0 Å². The third-order valence-corrected chi connectivity index (χ3v) is 5.08. The van der Waals surface area contributed by atoms with Crippen molar-refractivity contribution in [3.63, 3.8) is 0 Å². The monoisotopic (exact) mass is 311 g/mol. The van der Waals surface area contributed by atoms with Crippen LogP contribution in [0.15, 0.2) is 29.2 Å². The lowest BCUT2D eigenvalue weighted by molar-refractivity contribution is 0.0963. The number of sulfonamides is 1. The Kier molecular flexibility index (Phi) is 5.33. The van der Waals surface area contributed by atoms with E-state index in [1.54, 1.807) is 0 Å². The van der Waals surface area contributed by atoms with E-state index >= 15 is 0 Å². The summed E-state index contributed by atoms with van der Waals surface area (Å²) in [5.41, 5.74) is 0.437. The van der Waals surface area contributed by atoms with Crippen molar-refractivity contribution in [2.24, 2.45) is 0 Å². The summed E-state index contributed by atoms with van der Waals surface area (Å²) in [4.78, 5) is 11.6. The first kappa shape index (κ1) is 15.9. The highest BCUT2D eigenvalue weighted by atomic mass is 32.2. The van der Waals surface area contributed by atoms with E-state index in [0.717, 1.165) is 25.8 Å². The molecule has 2 rings (SSSR count). The van der Waals surface area contributed by atoms with Crippen LogP contribution >= 0.6 is 0 Å². The van der Waals surface area contributed by atoms with E-state index in [0.29, 0.717) is 18.2 Å². The standard InChI is InChI=1S/C14H21N3O3S/c1-15-14(18)11-4-6-13(7-5-11)21(19,20)17-10-8-12-3-2-9-16-12/h4-7,12,16-17H,2-3,8-10H2,1H3,(H,15,18)/t12-/m1/s1. The maximum absolute atomic E-state index is 12.1. The number of benzene rings is 1. The van der Waals surface area contributed by atoms with Crippen LogP contribution in [0.1, 0.15) is 29.6 Å². The molecule has 1 aromatic carbocycles. The van der Waals surface area contributed by atoms with E-state index in [-0.39, 0.29) is 10.8 Å². The summed E-state index contributed by atoms with van der Waals surface area (Å²) in [6, 6.07) is 6.31. The summed E-state index contributed by atoms with van der Waals surface area (Å²) >= 11 is 0. The van der Waals surface area contributed by atoms with Crippen molar-refractivity contribution in [1.29, 1.82) is 0 Å². The predicted octanol–water partition coefficient (Wildman–Crippen LogP) is 0.467. The van der Waals surface area contributed by atoms with Gasteiger partial charge in [0.2, 0.25) is 10.0 Å². The number of hydrogen-bond donors (Lipinski definition) is 3. The Hall–Kier alpha value is -1.44. The van der Waals surface area contributed by atoms with Gasteiger partial charge in [-0.05, 0) is 50.1 Å². The second kappa shape index (κ2) is 7.02. The van der Waals surface area contributed by atoms with Crippen molar-refractivity contribution in [3.8, 4) is 0 Å². The molecule has 1 aliphatic rings. The maximum Gasteiger partial charge on any atom is 0.251 e. The van der Waals surface area contributed by atoms with Crippen LogP contribution in [0.5, 0.6) is 0 Å². The van der Waals surface area contributed by atoms with Gasteiger partial charge in [0.25, 0.3) is 5.91 Å². The molecule has 1 fully saturated rings. The largest absolute Gasteiger partial charge is 0.355 e. The molecule has 7 heteroatoms. The first-order valence-corrected chi connectivity index (χ1v) is 8.56. The van der Waals surface area contributed by atoms with Crippen molar-refractivity contribution in [1.82, 2.24) is 15.4 Å². The highest BCUT2D eigenvalue weighted by Crippen LogP contribution is 2.12. The molecule has 1 aliphatic heterocycles. The van der Waals surface area contributed by atoms with Crippen molar-refractivity contribution in [3.05, 3.63) is 29.8 Å². The minimum absolute atomic E-state index is 0.175. The van der Waals surface area contributed by atoms with Crippen LogP contribution in [0.4, 0.5) is 0 Å². The fourth-order valence-corrected chi connectivity index (χ4v) is 3.43. The fraction of sp³-hybridized carbons (Fsp3) is 0.500. The summed E-state index contributed by atoms with van der Waals surface area (Å²) in [5, 5.41) is 5.82. The van der Waals surface area contributed by atoms with E-state index in [1.807, 2.05) is 0 Å². The second-order valence-electron chi connectivity index (χ2n) is 5.08. The molecule has 0 saturated carbocycles. The normalized spacial score (nSPS) is 18.6. The van der Waals surface area contributed by atoms with Gasteiger partial charge in [0.1, 0.15) is 0 Å². The minimum Gasteiger partial charge on any atom is -0.355 e. The Labute approximate surface area is 125 Å². The first-order valence-electron chi connectivity index (χ1n) is 7.08. The summed E-state index contributed by atoms with van der Waals surface area (Å²) in [6.45, 7) is 1.43. The molecule has 6 nitrogen and oxygen atoms in total. The van der Waals surface area contributed by atoms with Gasteiger partial charge < -0.3 is 10.6 Å². The van der Waals surface area contributed by atoms with Crippen molar-refractivity contribution >= 4 is 15.9 Å². The van der Waals surface area contributed by atoms with Gasteiger partial charge in [0.05, 0.1) is 4.90 Å². The summed E-state index contributed by atoms with van der Waals surface area (Å²) < 4.78 is 26.8. The molecule has 3 N–H and O–H groups in total. The number of amides is 1. The molecule has 116 valence electrons. The molecule has 1 atom stereocenters. The number of carbonyl (C=O) groups excluding carboxylic acids is 1. The molecule has 21 heavy (non-hydrogen) atoms. The predicted molar refractivity (Wildman–Crippen MR) is 80.7 cm³/mol. The molecular formula is C14H21N3O3S. The van der Waals surface area contributed by atoms with Crippen LogP contribution in [0.3, 0.4) is 0 Å². The Morgan fingerprint density at radius 3 is 2.62 bits per heavy atom. The van der Waals surface area contributed by atoms with Crippen LogP contribution in [0, 0.1) is 0 Å². The van der Waals surface area contributed by atoms with Gasteiger partial charge >= 0.3 is 0 Å². The fourth-order valence-electron chi connectivity index (χ4n) is 2.38. The topological polar surface area (TPSA) is 87.3 Å². The first-order chi connectivity index (χ1) is 10.0. The molecule has 0 unspecified atom stereocenters. The number of nitrogens with one attached hydrogen (secondary N) is 3. The maximum atomic E-state index is 12.1. The Morgan fingerprint density at radius 2 is 2.05 bits per heavy atom. The van der Waals surface area contributed by atoms with Crippen LogP contribution < -0.4 is 15.4 Å². The zero-order valence-electron chi connectivity index (χ0n) is 12.1. The molecule has 0 aliphatic carbocycles. The molecule has 1 amide bonds. The van der Waals surface area contributed by atoms with Crippen molar-refractivity contribution in [2.45, 2.75) is 30.2 Å². The third kappa shape index (κ3) is 4.26. The van der Waals surface area contributed by atoms with Gasteiger partial charge in [-0.3, -0.25) is 4.79 Å². The van der Waals surface area contributed by atoms with E-state index < -0.39 is 10.0 Å². The molecule has 1 saturated heterocycles. The van der Waals surface area contributed by atoms with Gasteiger partial charge in [0, 0.05) is 25.2 Å². The smallest absolute Gasteiger partial charge is 0.251 e. The average molecular weight is 311 g/mol. The lowest BCUT2D eigenvalue weighted by Gasteiger charge is -2.11. The number of hydrogen-bond acceptors (Lipinski definition) is 4. The summed E-state index contributed by atoms with van der Waals surface area (Å²) in [6.07, 6.45) is 3.04. The Morgan fingerprint density at radius 1 is 1.33 bits per heavy atom. The highest BCUT2D eigenvalue weighted by molar-refractivity contribution is 7.89. The van der Waals surface area contributed by atoms with Gasteiger partial charge in [-0.15, -0.1) is 0 Å². The lowest BCUT2D eigenvalue weighted by Crippen LogP contribution is -2.30. The van der Waals surface area contributed by atoms with Crippen LogP contribution in [0.25, 0.3) is 0 Å². The van der Waals surface area contributed by atoms with Crippen LogP contribution in [-0.2, 0) is 10.0 Å². The summed E-state index contributed by atoms with van der Waals surface area (Å²) in [5.74, 6) is -0.237. The number of rotatable bonds is 6. The highest BCUT2D eigenvalue weighted by Gasteiger charge is 2.17. The van der Waals surface area contributed by atoms with Gasteiger partial charge in [-0.1, -0.05) is 0 Å². The molecule has 0 bridgehead atoms. The van der Waals surface area contributed by atoms with Gasteiger partial charge in [-0.25, -0.2) is 13.1 Å². The van der Waals surface area contributed by atoms with Crippen LogP contribution in [-0.4, -0.2) is 40.5 Å². The van der Waals surface area contributed by atoms with E-state index in [2.05, 4.69) is 15.4 Å². The molecular weight excluding hydrogens is 290 g/mol. The zero-order valence-corrected chi connectivity index (χ0v) is 12.9. The molecule has 0 aromatic heterocycles. The third-order valence-electron chi connectivity index (χ3n) is 3.60. The summed E-state index contributed by atoms with van der Waals surface area (Å²) in [7, 11) is -1.98. The minimum atomic E-state index is -3.51. The van der Waals surface area contributed by atoms with E-state index in [9.17, 15) is 13.2 Å². The second-order valence-corrected chi connectivity index (χ2v) is 6.85. The zero-order chi connectivity index (χ0) is 15.3. The Bertz CT molecular complexity index is 578.